The van der Waals surface area contributed by atoms with Crippen molar-refractivity contribution >= 4 is 28.6 Å². The number of carbonyl (C=O) groups excluding carboxylic acids is 1. The molecule has 0 atom stereocenters. The minimum Gasteiger partial charge on any atom is -0.395 e. The van der Waals surface area contributed by atoms with Crippen LogP contribution in [0.2, 0.25) is 0 Å². The highest BCUT2D eigenvalue weighted by atomic mass is 32.1. The predicted molar refractivity (Wildman–Crippen MR) is 78.4 cm³/mol. The molecule has 0 saturated heterocycles. The number of hydrogen-bond donors (Lipinski definition) is 2. The lowest BCUT2D eigenvalue weighted by Gasteiger charge is -2.00. The second-order valence-corrected chi connectivity index (χ2v) is 5.48. The zero-order valence-corrected chi connectivity index (χ0v) is 11.8. The molecule has 0 unspecified atom stereocenters. The summed E-state index contributed by atoms with van der Waals surface area (Å²) >= 11 is 3.05. The summed E-state index contributed by atoms with van der Waals surface area (Å²) in [5.41, 5.74) is 1.74. The molecule has 0 aliphatic heterocycles. The number of carbonyl (C=O) groups is 1. The first kappa shape index (κ1) is 13.8. The number of rotatable bonds is 4. The monoisotopic (exact) mass is 291 g/mol. The van der Waals surface area contributed by atoms with Crippen molar-refractivity contribution in [2.75, 3.05) is 6.61 Å². The minimum absolute atomic E-state index is 0.0619. The van der Waals surface area contributed by atoms with Gasteiger partial charge in [0.15, 0.2) is 0 Å². The number of thiophene rings is 2. The fraction of sp³-hybridized carbons (Fsp3) is 0.214. The quantitative estimate of drug-likeness (QED) is 0.850. The third-order valence-corrected chi connectivity index (χ3v) is 3.92. The summed E-state index contributed by atoms with van der Waals surface area (Å²) in [6.07, 6.45) is 0.456. The van der Waals surface area contributed by atoms with Crippen molar-refractivity contribution in [3.05, 3.63) is 44.3 Å². The molecule has 0 aromatic carbocycles. The first-order valence-electron chi connectivity index (χ1n) is 5.77. The maximum atomic E-state index is 11.9. The lowest BCUT2D eigenvalue weighted by molar-refractivity contribution is 0.0951. The summed E-state index contributed by atoms with van der Waals surface area (Å²) < 4.78 is 0. The van der Waals surface area contributed by atoms with Gasteiger partial charge in [-0.1, -0.05) is 11.8 Å². The van der Waals surface area contributed by atoms with Gasteiger partial charge in [0.1, 0.15) is 0 Å². The van der Waals surface area contributed by atoms with E-state index in [0.29, 0.717) is 18.5 Å². The van der Waals surface area contributed by atoms with Gasteiger partial charge in [0.25, 0.3) is 5.91 Å². The van der Waals surface area contributed by atoms with Gasteiger partial charge in [-0.05, 0) is 28.5 Å². The second-order valence-electron chi connectivity index (χ2n) is 3.79. The van der Waals surface area contributed by atoms with Gasteiger partial charge in [-0.3, -0.25) is 4.79 Å². The van der Waals surface area contributed by atoms with Gasteiger partial charge < -0.3 is 10.4 Å². The third kappa shape index (κ3) is 4.21. The van der Waals surface area contributed by atoms with Gasteiger partial charge in [0, 0.05) is 18.3 Å². The van der Waals surface area contributed by atoms with Crippen LogP contribution in [0.15, 0.2) is 28.3 Å². The number of hydrogen-bond acceptors (Lipinski definition) is 4. The molecule has 19 heavy (non-hydrogen) atoms. The molecule has 0 aliphatic carbocycles. The van der Waals surface area contributed by atoms with Gasteiger partial charge in [0.05, 0.1) is 17.0 Å². The molecule has 0 spiro atoms. The number of aliphatic hydroxyl groups is 1. The van der Waals surface area contributed by atoms with Crippen molar-refractivity contribution in [1.29, 1.82) is 0 Å². The highest BCUT2D eigenvalue weighted by Crippen LogP contribution is 2.14. The van der Waals surface area contributed by atoms with Crippen LogP contribution < -0.4 is 5.32 Å². The second kappa shape index (κ2) is 7.10. The topological polar surface area (TPSA) is 49.3 Å². The predicted octanol–water partition coefficient (Wildman–Crippen LogP) is 2.47. The van der Waals surface area contributed by atoms with Crippen LogP contribution in [0.3, 0.4) is 0 Å². The molecular formula is C14H13NO2S2. The molecule has 0 saturated carbocycles. The van der Waals surface area contributed by atoms with E-state index in [9.17, 15) is 4.79 Å². The van der Waals surface area contributed by atoms with Gasteiger partial charge >= 0.3 is 0 Å². The van der Waals surface area contributed by atoms with Crippen molar-refractivity contribution in [2.45, 2.75) is 13.0 Å². The molecule has 2 aromatic rings. The smallest absolute Gasteiger partial charge is 0.252 e. The SMILES string of the molecule is O=C(NCc1ccsc1)c1csc(C#CCCO)c1. The average Bonchev–Trinajstić information content (AvgIpc) is 3.07. The van der Waals surface area contributed by atoms with E-state index in [4.69, 9.17) is 5.11 Å². The number of amides is 1. The van der Waals surface area contributed by atoms with Crippen LogP contribution in [0.25, 0.3) is 0 Å². The molecule has 0 fully saturated rings. The molecule has 5 heteroatoms. The maximum absolute atomic E-state index is 11.9. The van der Waals surface area contributed by atoms with E-state index in [1.165, 1.54) is 11.3 Å². The van der Waals surface area contributed by atoms with Gasteiger partial charge in [-0.2, -0.15) is 11.3 Å². The Hall–Kier alpha value is -1.61. The summed E-state index contributed by atoms with van der Waals surface area (Å²) in [6.45, 7) is 0.607. The van der Waals surface area contributed by atoms with Crippen LogP contribution in [0.1, 0.15) is 27.2 Å². The Balaban J connectivity index is 1.91. The fourth-order valence-electron chi connectivity index (χ4n) is 1.40. The number of aliphatic hydroxyl groups excluding tert-OH is 1. The van der Waals surface area contributed by atoms with E-state index in [1.54, 1.807) is 22.8 Å². The van der Waals surface area contributed by atoms with Crippen LogP contribution in [-0.4, -0.2) is 17.6 Å². The first-order chi connectivity index (χ1) is 9.29. The van der Waals surface area contributed by atoms with Crippen molar-refractivity contribution in [3.63, 3.8) is 0 Å². The lowest BCUT2D eigenvalue weighted by Crippen LogP contribution is -2.21. The Morgan fingerprint density at radius 3 is 3.05 bits per heavy atom. The van der Waals surface area contributed by atoms with Crippen molar-refractivity contribution in [2.24, 2.45) is 0 Å². The molecule has 0 radical (unpaired) electrons. The Kier molecular flexibility index (Phi) is 5.16. The summed E-state index contributed by atoms with van der Waals surface area (Å²) in [7, 11) is 0. The summed E-state index contributed by atoms with van der Waals surface area (Å²) in [6, 6.07) is 3.77. The fourth-order valence-corrected chi connectivity index (χ4v) is 2.83. The molecule has 2 aromatic heterocycles. The highest BCUT2D eigenvalue weighted by molar-refractivity contribution is 7.10. The van der Waals surface area contributed by atoms with Gasteiger partial charge in [-0.15, -0.1) is 11.3 Å². The Bertz CT molecular complexity index is 590. The zero-order valence-electron chi connectivity index (χ0n) is 10.2. The molecule has 0 bridgehead atoms. The lowest BCUT2D eigenvalue weighted by atomic mass is 10.2. The van der Waals surface area contributed by atoms with Crippen molar-refractivity contribution in [1.82, 2.24) is 5.32 Å². The summed E-state index contributed by atoms with van der Waals surface area (Å²) in [5, 5.41) is 17.3. The normalized spacial score (nSPS) is 9.74. The molecule has 1 amide bonds. The van der Waals surface area contributed by atoms with Crippen molar-refractivity contribution < 1.29 is 9.90 Å². The highest BCUT2D eigenvalue weighted by Gasteiger charge is 2.07. The van der Waals surface area contributed by atoms with Crippen LogP contribution in [0.4, 0.5) is 0 Å². The van der Waals surface area contributed by atoms with E-state index >= 15 is 0 Å². The molecule has 2 rings (SSSR count). The molecule has 2 N–H and O–H groups in total. The Labute approximate surface area is 119 Å². The molecular weight excluding hydrogens is 278 g/mol. The largest absolute Gasteiger partial charge is 0.395 e. The van der Waals surface area contributed by atoms with E-state index < -0.39 is 0 Å². The van der Waals surface area contributed by atoms with Gasteiger partial charge in [-0.25, -0.2) is 0 Å². The molecule has 0 aliphatic rings. The maximum Gasteiger partial charge on any atom is 0.252 e. The van der Waals surface area contributed by atoms with Crippen LogP contribution in [0, 0.1) is 11.8 Å². The number of nitrogens with one attached hydrogen (secondary N) is 1. The molecule has 3 nitrogen and oxygen atoms in total. The summed E-state index contributed by atoms with van der Waals surface area (Å²) in [5.74, 6) is 5.67. The van der Waals surface area contributed by atoms with E-state index in [1.807, 2.05) is 16.8 Å². The van der Waals surface area contributed by atoms with E-state index in [2.05, 4.69) is 17.2 Å². The Morgan fingerprint density at radius 1 is 1.42 bits per heavy atom. The Morgan fingerprint density at radius 2 is 2.32 bits per heavy atom. The third-order valence-electron chi connectivity index (χ3n) is 2.34. The van der Waals surface area contributed by atoms with E-state index in [0.717, 1.165) is 10.4 Å². The van der Waals surface area contributed by atoms with Crippen LogP contribution >= 0.6 is 22.7 Å². The zero-order chi connectivity index (χ0) is 13.5. The molecule has 98 valence electrons. The molecule has 2 heterocycles. The van der Waals surface area contributed by atoms with Crippen molar-refractivity contribution in [3.8, 4) is 11.8 Å². The van der Waals surface area contributed by atoms with Crippen LogP contribution in [-0.2, 0) is 6.54 Å². The minimum atomic E-state index is -0.0855. The average molecular weight is 291 g/mol. The van der Waals surface area contributed by atoms with E-state index in [-0.39, 0.29) is 12.5 Å². The summed E-state index contributed by atoms with van der Waals surface area (Å²) in [4.78, 5) is 12.7. The standard InChI is InChI=1S/C14H13NO2S2/c16-5-2-1-3-13-7-12(10-19-13)14(17)15-8-11-4-6-18-9-11/h4,6-7,9-10,16H,2,5,8H2,(H,15,17). The van der Waals surface area contributed by atoms with Gasteiger partial charge in [0.2, 0.25) is 0 Å². The first-order valence-corrected chi connectivity index (χ1v) is 7.59. The van der Waals surface area contributed by atoms with Crippen LogP contribution in [0.5, 0.6) is 0 Å².